The van der Waals surface area contributed by atoms with Gasteiger partial charge in [-0.25, -0.2) is 8.42 Å². The van der Waals surface area contributed by atoms with Gasteiger partial charge in [0.25, 0.3) is 0 Å². The summed E-state index contributed by atoms with van der Waals surface area (Å²) in [4.78, 5) is 16.4. The summed E-state index contributed by atoms with van der Waals surface area (Å²) < 4.78 is 38.8. The van der Waals surface area contributed by atoms with Crippen LogP contribution in [-0.4, -0.2) is 43.4 Å². The Hall–Kier alpha value is -2.23. The average Bonchev–Trinajstić information content (AvgIpc) is 3.16. The fraction of sp³-hybridized carbons (Fsp3) is 0.333. The molecule has 1 aliphatic heterocycles. The van der Waals surface area contributed by atoms with E-state index in [4.69, 9.17) is 9.15 Å². The number of esters is 1. The topological polar surface area (TPSA) is 89.7 Å². The van der Waals surface area contributed by atoms with Crippen LogP contribution in [0.3, 0.4) is 0 Å². The number of fused-ring (bicyclic) bond motifs is 1. The van der Waals surface area contributed by atoms with Gasteiger partial charge in [-0.2, -0.15) is 4.31 Å². The van der Waals surface area contributed by atoms with Crippen molar-refractivity contribution in [1.29, 1.82) is 0 Å². The molecule has 0 spiro atoms. The standard InChI is InChI=1S/C21H21BrN2O5S/c22-17-3-4-20-16(12-17)13-18(29-20)7-11-28-21(25)15-5-9-24(10-6-15)30(26,27)19-2-1-8-23-14-19/h1-4,8,12-15H,5-7,9-11H2. The van der Waals surface area contributed by atoms with Gasteiger partial charge in [0, 0.05) is 41.8 Å². The number of halogens is 1. The number of pyridine rings is 1. The number of furan rings is 1. The van der Waals surface area contributed by atoms with Gasteiger partial charge < -0.3 is 9.15 Å². The molecule has 0 saturated carbocycles. The van der Waals surface area contributed by atoms with Crippen molar-refractivity contribution >= 4 is 42.9 Å². The van der Waals surface area contributed by atoms with Gasteiger partial charge in [-0.05, 0) is 49.2 Å². The zero-order chi connectivity index (χ0) is 21.1. The number of benzene rings is 1. The summed E-state index contributed by atoms with van der Waals surface area (Å²) in [5.41, 5.74) is 0.793. The van der Waals surface area contributed by atoms with Crippen LogP contribution in [0.15, 0.2) is 62.6 Å². The lowest BCUT2D eigenvalue weighted by molar-refractivity contribution is -0.149. The van der Waals surface area contributed by atoms with Crippen molar-refractivity contribution in [2.45, 2.75) is 24.2 Å². The number of carbonyl (C=O) groups excluding carboxylic acids is 1. The summed E-state index contributed by atoms with van der Waals surface area (Å²) >= 11 is 3.43. The van der Waals surface area contributed by atoms with Crippen LogP contribution in [0.4, 0.5) is 0 Å². The maximum absolute atomic E-state index is 12.6. The zero-order valence-corrected chi connectivity index (χ0v) is 18.6. The molecule has 30 heavy (non-hydrogen) atoms. The summed E-state index contributed by atoms with van der Waals surface area (Å²) in [7, 11) is -3.58. The van der Waals surface area contributed by atoms with Crippen molar-refractivity contribution in [1.82, 2.24) is 9.29 Å². The first-order valence-corrected chi connectivity index (χ1v) is 11.9. The lowest BCUT2D eigenvalue weighted by atomic mass is 9.98. The van der Waals surface area contributed by atoms with Crippen molar-refractivity contribution in [3.05, 3.63) is 59.0 Å². The van der Waals surface area contributed by atoms with Crippen molar-refractivity contribution < 1.29 is 22.4 Å². The molecular formula is C21H21BrN2O5S. The fourth-order valence-electron chi connectivity index (χ4n) is 3.54. The number of piperidine rings is 1. The van der Waals surface area contributed by atoms with Gasteiger partial charge in [-0.15, -0.1) is 0 Å². The number of hydrogen-bond donors (Lipinski definition) is 0. The van der Waals surface area contributed by atoms with Gasteiger partial charge >= 0.3 is 5.97 Å². The van der Waals surface area contributed by atoms with Gasteiger partial charge in [-0.3, -0.25) is 9.78 Å². The van der Waals surface area contributed by atoms with E-state index < -0.39 is 10.0 Å². The summed E-state index contributed by atoms with van der Waals surface area (Å²) in [5.74, 6) is 0.178. The third kappa shape index (κ3) is 4.58. The average molecular weight is 493 g/mol. The summed E-state index contributed by atoms with van der Waals surface area (Å²) in [5, 5.41) is 0.993. The molecule has 3 heterocycles. The SMILES string of the molecule is O=C(OCCc1cc2cc(Br)ccc2o1)C1CCN(S(=O)(=O)c2cccnc2)CC1. The Balaban J connectivity index is 1.27. The number of rotatable bonds is 6. The normalized spacial score (nSPS) is 16.0. The molecule has 0 radical (unpaired) electrons. The molecule has 0 atom stereocenters. The highest BCUT2D eigenvalue weighted by Gasteiger charge is 2.32. The number of nitrogens with zero attached hydrogens (tertiary/aromatic N) is 2. The minimum absolute atomic E-state index is 0.170. The zero-order valence-electron chi connectivity index (χ0n) is 16.2. The predicted octanol–water partition coefficient (Wildman–Crippen LogP) is 3.78. The number of hydrogen-bond acceptors (Lipinski definition) is 6. The van der Waals surface area contributed by atoms with Gasteiger partial charge in [0.2, 0.25) is 10.0 Å². The molecule has 158 valence electrons. The summed E-state index contributed by atoms with van der Waals surface area (Å²) in [6, 6.07) is 10.8. The first-order valence-electron chi connectivity index (χ1n) is 9.68. The van der Waals surface area contributed by atoms with Crippen LogP contribution in [0, 0.1) is 5.92 Å². The fourth-order valence-corrected chi connectivity index (χ4v) is 5.36. The van der Waals surface area contributed by atoms with Crippen LogP contribution < -0.4 is 0 Å². The molecule has 3 aromatic rings. The Kier molecular flexibility index (Phi) is 6.21. The van der Waals surface area contributed by atoms with Crippen molar-refractivity contribution in [3.8, 4) is 0 Å². The first kappa shape index (κ1) is 21.0. The van der Waals surface area contributed by atoms with E-state index in [9.17, 15) is 13.2 Å². The van der Waals surface area contributed by atoms with E-state index in [1.807, 2.05) is 24.3 Å². The van der Waals surface area contributed by atoms with Crippen LogP contribution in [0.5, 0.6) is 0 Å². The second-order valence-corrected chi connectivity index (χ2v) is 10.0. The Morgan fingerprint density at radius 1 is 1.23 bits per heavy atom. The molecule has 0 N–H and O–H groups in total. The van der Waals surface area contributed by atoms with E-state index >= 15 is 0 Å². The molecule has 1 saturated heterocycles. The molecule has 7 nitrogen and oxygen atoms in total. The van der Waals surface area contributed by atoms with Gasteiger partial charge in [-0.1, -0.05) is 15.9 Å². The molecule has 1 aromatic carbocycles. The maximum Gasteiger partial charge on any atom is 0.309 e. The van der Waals surface area contributed by atoms with Gasteiger partial charge in [0.15, 0.2) is 0 Å². The number of ether oxygens (including phenoxy) is 1. The smallest absolute Gasteiger partial charge is 0.309 e. The Morgan fingerprint density at radius 3 is 2.77 bits per heavy atom. The van der Waals surface area contributed by atoms with Crippen molar-refractivity contribution in [3.63, 3.8) is 0 Å². The van der Waals surface area contributed by atoms with Crippen LogP contribution in [0.1, 0.15) is 18.6 Å². The molecule has 0 bridgehead atoms. The molecule has 4 rings (SSSR count). The number of sulfonamides is 1. The second-order valence-electron chi connectivity index (χ2n) is 7.18. The van der Waals surface area contributed by atoms with Gasteiger partial charge in [0.05, 0.1) is 12.5 Å². The molecule has 9 heteroatoms. The third-order valence-electron chi connectivity index (χ3n) is 5.18. The van der Waals surface area contributed by atoms with Crippen LogP contribution >= 0.6 is 15.9 Å². The first-order chi connectivity index (χ1) is 14.4. The minimum atomic E-state index is -3.58. The van der Waals surface area contributed by atoms with Crippen LogP contribution in [0.25, 0.3) is 11.0 Å². The maximum atomic E-state index is 12.6. The number of carbonyl (C=O) groups is 1. The molecule has 0 amide bonds. The van der Waals surface area contributed by atoms with E-state index in [2.05, 4.69) is 20.9 Å². The Bertz CT molecular complexity index is 1140. The number of aromatic nitrogens is 1. The summed E-state index contributed by atoms with van der Waals surface area (Å²) in [6.45, 7) is 0.804. The lowest BCUT2D eigenvalue weighted by Crippen LogP contribution is -2.40. The molecular weight excluding hydrogens is 472 g/mol. The highest BCUT2D eigenvalue weighted by atomic mass is 79.9. The van der Waals surface area contributed by atoms with Gasteiger partial charge in [0.1, 0.15) is 16.2 Å². The van der Waals surface area contributed by atoms with E-state index in [1.165, 1.54) is 22.8 Å². The van der Waals surface area contributed by atoms with E-state index in [-0.39, 0.29) is 36.5 Å². The molecule has 0 aliphatic carbocycles. The van der Waals surface area contributed by atoms with E-state index in [0.717, 1.165) is 21.2 Å². The quantitative estimate of drug-likeness (QED) is 0.486. The molecule has 1 aliphatic rings. The van der Waals surface area contributed by atoms with Crippen molar-refractivity contribution in [2.75, 3.05) is 19.7 Å². The van der Waals surface area contributed by atoms with E-state index in [0.29, 0.717) is 19.3 Å². The molecule has 2 aromatic heterocycles. The van der Waals surface area contributed by atoms with Crippen molar-refractivity contribution in [2.24, 2.45) is 5.92 Å². The van der Waals surface area contributed by atoms with E-state index in [1.54, 1.807) is 6.07 Å². The monoisotopic (exact) mass is 492 g/mol. The molecule has 0 unspecified atom stereocenters. The van der Waals surface area contributed by atoms with Crippen LogP contribution in [-0.2, 0) is 26.0 Å². The van der Waals surface area contributed by atoms with Crippen LogP contribution in [0.2, 0.25) is 0 Å². The lowest BCUT2D eigenvalue weighted by Gasteiger charge is -2.30. The highest BCUT2D eigenvalue weighted by molar-refractivity contribution is 9.10. The summed E-state index contributed by atoms with van der Waals surface area (Å²) in [6.07, 6.45) is 4.25. The highest BCUT2D eigenvalue weighted by Crippen LogP contribution is 2.25. The third-order valence-corrected chi connectivity index (χ3v) is 7.56. The predicted molar refractivity (Wildman–Crippen MR) is 114 cm³/mol. The second kappa shape index (κ2) is 8.87. The Morgan fingerprint density at radius 2 is 2.03 bits per heavy atom. The largest absolute Gasteiger partial charge is 0.465 e. The minimum Gasteiger partial charge on any atom is -0.465 e. The molecule has 1 fully saturated rings. The Labute approximate surface area is 183 Å².